The van der Waals surface area contributed by atoms with E-state index in [1.54, 1.807) is 0 Å². The molecular weight excluding hydrogens is 1760 g/mol. The average molecular weight is 1870 g/mol. The second-order valence-corrected chi connectivity index (χ2v) is 30.2. The maximum atomic E-state index is 11.4. The van der Waals surface area contributed by atoms with Crippen LogP contribution >= 0.6 is 0 Å². The highest BCUT2D eigenvalue weighted by Gasteiger charge is 2.39. The second-order valence-electron chi connectivity index (χ2n) is 30.2. The molecule has 0 aromatic carbocycles. The molecule has 8 aliphatic rings. The van der Waals surface area contributed by atoms with Gasteiger partial charge in [0.25, 0.3) is 94.5 Å². The van der Waals surface area contributed by atoms with Crippen LogP contribution in [0.15, 0.2) is 0 Å². The van der Waals surface area contributed by atoms with E-state index >= 15 is 0 Å². The van der Waals surface area contributed by atoms with Crippen molar-refractivity contribution in [3.05, 3.63) is 0 Å². The summed E-state index contributed by atoms with van der Waals surface area (Å²) in [6.07, 6.45) is 11.4. The first-order chi connectivity index (χ1) is 62.0. The predicted octanol–water partition coefficient (Wildman–Crippen LogP) is 4.38. The van der Waals surface area contributed by atoms with Crippen molar-refractivity contribution in [2.24, 2.45) is 0 Å². The minimum atomic E-state index is -0.742. The zero-order chi connectivity index (χ0) is 99.9. The highest BCUT2D eigenvalue weighted by molar-refractivity contribution is 6.06. The lowest BCUT2D eigenvalue weighted by molar-refractivity contribution is -0.197. The molecule has 8 saturated heterocycles. The number of imide groups is 8. The van der Waals surface area contributed by atoms with Crippen molar-refractivity contribution in [2.45, 2.75) is 338 Å². The topological polar surface area (TPSA) is 646 Å². The Morgan fingerprint density at radius 2 is 0.242 bits per heavy atom. The van der Waals surface area contributed by atoms with Gasteiger partial charge >= 0.3 is 47.8 Å². The van der Waals surface area contributed by atoms with Crippen LogP contribution in [0.3, 0.4) is 0 Å². The molecule has 8 rings (SSSR count). The number of carbonyl (C=O) groups is 32. The van der Waals surface area contributed by atoms with Crippen LogP contribution in [0.1, 0.15) is 338 Å². The monoisotopic (exact) mass is 1870 g/mol. The van der Waals surface area contributed by atoms with E-state index in [1.165, 1.54) is 55.4 Å². The first-order valence-corrected chi connectivity index (χ1v) is 42.5. The van der Waals surface area contributed by atoms with Gasteiger partial charge in [0.2, 0.25) is 0 Å². The molecule has 132 heavy (non-hydrogen) atoms. The lowest BCUT2D eigenvalue weighted by atomic mass is 10.1. The number of carbonyl (C=O) groups excluding carboxylic acids is 32. The highest BCUT2D eigenvalue weighted by atomic mass is 16.8. The van der Waals surface area contributed by atoms with Crippen LogP contribution in [-0.2, 0) is 192 Å². The van der Waals surface area contributed by atoms with Crippen LogP contribution in [0.5, 0.6) is 0 Å². The summed E-state index contributed by atoms with van der Waals surface area (Å²) in [4.78, 5) is 389. The molecule has 0 atom stereocenters. The number of unbranched alkanes of at least 4 members (excludes halogenated alkanes) is 6. The Bertz CT molecular complexity index is 3960. The smallest absolute Gasteiger partial charge is 0.330 e. The van der Waals surface area contributed by atoms with Crippen LogP contribution in [-0.4, -0.2) is 229 Å². The summed E-state index contributed by atoms with van der Waals surface area (Å²) >= 11 is 0. The van der Waals surface area contributed by atoms with Crippen LogP contribution in [0.4, 0.5) is 0 Å². The van der Waals surface area contributed by atoms with Crippen molar-refractivity contribution >= 4 is 189 Å². The molecule has 0 saturated carbocycles. The number of hydrogen-bond donors (Lipinski definition) is 0. The van der Waals surface area contributed by atoms with E-state index in [2.05, 4.69) is 29.0 Å². The lowest BCUT2D eigenvalue weighted by Gasteiger charge is -2.12. The molecule has 0 N–H and O–H groups in total. The fraction of sp³-hybridized carbons (Fsp3) is 0.619. The minimum Gasteiger partial charge on any atom is -0.330 e. The minimum absolute atomic E-state index is 0.0128. The standard InChI is InChI=1S/2C12H17NO5.2C11H15NO5.2C10H13NO5.2C9H11NO5/c2*1-9(14)5-3-2-4-6-12(17)18-13-10(15)7-8-11(13)16;2*1-8(13)4-2-3-5-11(16)17-12-9(14)6-7-10(12)15;2*1-7(12)3-2-4-10(15)16-11-8(13)5-6-9(11)14;2*1-6(11)2-5-9(14)15-10-7(12)3-4-8(10)13/h2*2-8H2,1H3;2*2-7H2,1H3;2*2-6H2,1H3;2*2-5H2,1H3. The Labute approximate surface area is 756 Å². The summed E-state index contributed by atoms with van der Waals surface area (Å²) in [6, 6.07) is 0. The highest BCUT2D eigenvalue weighted by Crippen LogP contribution is 2.22. The van der Waals surface area contributed by atoms with Crippen molar-refractivity contribution in [3.8, 4) is 0 Å². The van der Waals surface area contributed by atoms with E-state index < -0.39 is 142 Å². The number of Topliss-reactive ketones (excluding diaryl/α,β-unsaturated/α-hetero) is 8. The van der Waals surface area contributed by atoms with E-state index in [0.717, 1.165) is 25.7 Å². The third-order valence-electron chi connectivity index (χ3n) is 17.9. The summed E-state index contributed by atoms with van der Waals surface area (Å²) < 4.78 is 0. The lowest BCUT2D eigenvalue weighted by Crippen LogP contribution is -2.32. The van der Waals surface area contributed by atoms with Gasteiger partial charge in [0, 0.05) is 193 Å². The summed E-state index contributed by atoms with van der Waals surface area (Å²) in [5, 5.41) is 4.15. The van der Waals surface area contributed by atoms with Crippen molar-refractivity contribution in [2.75, 3.05) is 0 Å². The maximum Gasteiger partial charge on any atom is 0.333 e. The van der Waals surface area contributed by atoms with Crippen LogP contribution in [0.2, 0.25) is 0 Å². The van der Waals surface area contributed by atoms with E-state index in [-0.39, 0.29) is 226 Å². The average Bonchev–Trinajstić information content (AvgIpc) is 1.80. The molecule has 0 radical (unpaired) electrons. The molecule has 8 heterocycles. The number of nitrogens with zero attached hydrogens (tertiary/aromatic N) is 8. The van der Waals surface area contributed by atoms with Gasteiger partial charge in [0.1, 0.15) is 46.3 Å². The zero-order valence-electron chi connectivity index (χ0n) is 75.0. The van der Waals surface area contributed by atoms with E-state index in [9.17, 15) is 153 Å². The first-order valence-electron chi connectivity index (χ1n) is 42.5. The van der Waals surface area contributed by atoms with Gasteiger partial charge < -0.3 is 77.1 Å². The maximum absolute atomic E-state index is 11.4. The fourth-order valence-corrected chi connectivity index (χ4v) is 10.9. The number of ketones is 8. The Kier molecular flexibility index (Phi) is 55.7. The molecular formula is C84H112N8O40. The zero-order valence-corrected chi connectivity index (χ0v) is 75.0. The number of hydrogen-bond acceptors (Lipinski definition) is 40. The van der Waals surface area contributed by atoms with Crippen LogP contribution in [0.25, 0.3) is 0 Å². The molecule has 0 unspecified atom stereocenters. The Hall–Kier alpha value is -13.8. The molecule has 0 aromatic rings. The van der Waals surface area contributed by atoms with Crippen LogP contribution < -0.4 is 0 Å². The van der Waals surface area contributed by atoms with Gasteiger partial charge in [-0.1, -0.05) is 12.8 Å². The van der Waals surface area contributed by atoms with Gasteiger partial charge in [-0.25, -0.2) is 38.4 Å². The van der Waals surface area contributed by atoms with E-state index in [4.69, 9.17) is 9.68 Å². The summed E-state index contributed by atoms with van der Waals surface area (Å²) in [5.74, 6) is -13.0. The molecule has 8 aliphatic heterocycles. The summed E-state index contributed by atoms with van der Waals surface area (Å²) in [5.41, 5.74) is 0. The fourth-order valence-electron chi connectivity index (χ4n) is 10.9. The molecule has 48 nitrogen and oxygen atoms in total. The van der Waals surface area contributed by atoms with Crippen molar-refractivity contribution in [1.29, 1.82) is 0 Å². The Morgan fingerprint density at radius 1 is 0.144 bits per heavy atom. The molecule has 728 valence electrons. The molecule has 0 aromatic heterocycles. The van der Waals surface area contributed by atoms with Gasteiger partial charge in [-0.2, -0.15) is 0 Å². The molecule has 48 heteroatoms. The molecule has 8 fully saturated rings. The predicted molar refractivity (Wildman–Crippen MR) is 432 cm³/mol. The molecule has 0 aliphatic carbocycles. The molecule has 16 amide bonds. The normalized spacial score (nSPS) is 15.3. The van der Waals surface area contributed by atoms with Gasteiger partial charge in [-0.05, 0) is 120 Å². The van der Waals surface area contributed by atoms with Crippen molar-refractivity contribution < 1.29 is 192 Å². The van der Waals surface area contributed by atoms with Crippen molar-refractivity contribution in [3.63, 3.8) is 0 Å². The SMILES string of the molecule is CC(=O)CCC(=O)ON1C(=O)CCC1=O.CC(=O)CCC(=O)ON1C(=O)CCC1=O.CC(=O)CCCC(=O)ON1C(=O)CCC1=O.CC(=O)CCCC(=O)ON1C(=O)CCC1=O.CC(=O)CCCCC(=O)ON1C(=O)CCC1=O.CC(=O)CCCCC(=O)ON1C(=O)CCC1=O.CC(=O)CCCCCC(=O)ON1C(=O)CCC1=O.CC(=O)CCCCCC(=O)ON1C(=O)CCC1=O. The quantitative estimate of drug-likeness (QED) is 0.0603. The number of amides is 16. The Balaban J connectivity index is 0.000000755. The van der Waals surface area contributed by atoms with Crippen molar-refractivity contribution in [1.82, 2.24) is 40.5 Å². The molecule has 0 bridgehead atoms. The Morgan fingerprint density at radius 3 is 0.379 bits per heavy atom. The largest absolute Gasteiger partial charge is 0.333 e. The summed E-state index contributed by atoms with van der Waals surface area (Å²) in [6.45, 7) is 11.6. The van der Waals surface area contributed by atoms with Gasteiger partial charge in [-0.3, -0.25) is 76.7 Å². The second kappa shape index (κ2) is 63.3. The molecule has 0 spiro atoms. The third kappa shape index (κ3) is 50.8. The number of rotatable bonds is 44. The van der Waals surface area contributed by atoms with E-state index in [0.29, 0.717) is 118 Å². The van der Waals surface area contributed by atoms with Gasteiger partial charge in [0.15, 0.2) is 0 Å². The number of hydroxylamine groups is 16. The van der Waals surface area contributed by atoms with Gasteiger partial charge in [-0.15, -0.1) is 40.5 Å². The summed E-state index contributed by atoms with van der Waals surface area (Å²) in [7, 11) is 0. The van der Waals surface area contributed by atoms with Gasteiger partial charge in [0.05, 0.1) is 12.8 Å². The van der Waals surface area contributed by atoms with E-state index in [1.807, 2.05) is 0 Å². The van der Waals surface area contributed by atoms with Crippen LogP contribution in [0, 0.1) is 0 Å². The third-order valence-corrected chi connectivity index (χ3v) is 17.9. The first kappa shape index (κ1) is 116.